The number of aliphatic hydroxyl groups is 1. The van der Waals surface area contributed by atoms with Crippen molar-refractivity contribution >= 4 is 5.91 Å². The molecule has 27 heavy (non-hydrogen) atoms. The number of amides is 1. The van der Waals surface area contributed by atoms with Crippen molar-refractivity contribution in [2.45, 2.75) is 38.5 Å². The highest BCUT2D eigenvalue weighted by Crippen LogP contribution is 2.41. The molecular weight excluding hydrogens is 348 g/mol. The number of pyridine rings is 1. The summed E-state index contributed by atoms with van der Waals surface area (Å²) in [6.45, 7) is 3.96. The van der Waals surface area contributed by atoms with E-state index in [-0.39, 0.29) is 36.8 Å². The number of aromatic nitrogens is 1. The topological polar surface area (TPSA) is 89.8 Å². The second kappa shape index (κ2) is 7.84. The standard InChI is InChI=1S/C20H24N2O5/c1-20(2)10-14-6-5-7-16(19(14)27-20)26-13-17(24)21-11-15(23)12-22-9-4-3-8-18(22)25/h3-9,15,23H,10-13H2,1-2H3,(H,21,24)/t15-/m1/s1. The molecule has 0 saturated heterocycles. The molecule has 1 aromatic carbocycles. The molecule has 1 aliphatic heterocycles. The van der Waals surface area contributed by atoms with Gasteiger partial charge in [-0.2, -0.15) is 0 Å². The minimum Gasteiger partial charge on any atom is -0.483 e. The Morgan fingerprint density at radius 1 is 1.33 bits per heavy atom. The highest BCUT2D eigenvalue weighted by atomic mass is 16.5. The van der Waals surface area contributed by atoms with Gasteiger partial charge >= 0.3 is 0 Å². The van der Waals surface area contributed by atoms with Crippen molar-refractivity contribution in [1.29, 1.82) is 0 Å². The van der Waals surface area contributed by atoms with Gasteiger partial charge < -0.3 is 24.5 Å². The van der Waals surface area contributed by atoms with Crippen molar-refractivity contribution in [2.75, 3.05) is 13.2 Å². The first-order valence-electron chi connectivity index (χ1n) is 8.88. The molecule has 0 fully saturated rings. The number of ether oxygens (including phenoxy) is 2. The fraction of sp³-hybridized carbons (Fsp3) is 0.400. The zero-order valence-corrected chi connectivity index (χ0v) is 15.5. The van der Waals surface area contributed by atoms with Crippen LogP contribution >= 0.6 is 0 Å². The van der Waals surface area contributed by atoms with Crippen molar-refractivity contribution in [3.63, 3.8) is 0 Å². The Balaban J connectivity index is 1.48. The number of carbonyl (C=O) groups excluding carboxylic acids is 1. The van der Waals surface area contributed by atoms with E-state index in [1.165, 1.54) is 10.6 Å². The van der Waals surface area contributed by atoms with Gasteiger partial charge in [-0.1, -0.05) is 18.2 Å². The molecule has 7 nitrogen and oxygen atoms in total. The molecule has 144 valence electrons. The third kappa shape index (κ3) is 4.89. The number of nitrogens with one attached hydrogen (secondary N) is 1. The number of nitrogens with zero attached hydrogens (tertiary/aromatic N) is 1. The maximum absolute atomic E-state index is 12.0. The van der Waals surface area contributed by atoms with E-state index in [0.29, 0.717) is 11.5 Å². The molecule has 1 amide bonds. The zero-order valence-electron chi connectivity index (χ0n) is 15.5. The summed E-state index contributed by atoms with van der Waals surface area (Å²) >= 11 is 0. The molecule has 0 spiro atoms. The Bertz CT molecular complexity index is 875. The Hall–Kier alpha value is -2.80. The first-order valence-corrected chi connectivity index (χ1v) is 8.88. The Labute approximate surface area is 157 Å². The van der Waals surface area contributed by atoms with Gasteiger partial charge in [-0.15, -0.1) is 0 Å². The molecule has 2 aromatic rings. The fourth-order valence-corrected chi connectivity index (χ4v) is 3.03. The number of hydrogen-bond acceptors (Lipinski definition) is 5. The summed E-state index contributed by atoms with van der Waals surface area (Å²) in [6, 6.07) is 10.4. The molecule has 0 saturated carbocycles. The number of carbonyl (C=O) groups is 1. The van der Waals surface area contributed by atoms with Crippen LogP contribution in [0.25, 0.3) is 0 Å². The van der Waals surface area contributed by atoms with Gasteiger partial charge in [0.15, 0.2) is 18.1 Å². The third-order valence-electron chi connectivity index (χ3n) is 4.26. The van der Waals surface area contributed by atoms with Gasteiger partial charge in [0.2, 0.25) is 0 Å². The van der Waals surface area contributed by atoms with Crippen LogP contribution in [0.5, 0.6) is 11.5 Å². The predicted octanol–water partition coefficient (Wildman–Crippen LogP) is 1.12. The number of fused-ring (bicyclic) bond motifs is 1. The van der Waals surface area contributed by atoms with E-state index in [4.69, 9.17) is 9.47 Å². The first-order chi connectivity index (χ1) is 12.8. The third-order valence-corrected chi connectivity index (χ3v) is 4.26. The summed E-state index contributed by atoms with van der Waals surface area (Å²) in [5.74, 6) is 0.854. The van der Waals surface area contributed by atoms with Crippen LogP contribution in [0.15, 0.2) is 47.4 Å². The minimum absolute atomic E-state index is 0.0277. The van der Waals surface area contributed by atoms with Crippen LogP contribution in [0.3, 0.4) is 0 Å². The summed E-state index contributed by atoms with van der Waals surface area (Å²) in [5, 5.41) is 12.6. The molecule has 7 heteroatoms. The molecule has 1 atom stereocenters. The van der Waals surface area contributed by atoms with Crippen LogP contribution in [0.1, 0.15) is 19.4 Å². The van der Waals surface area contributed by atoms with Crippen LogP contribution < -0.4 is 20.3 Å². The quantitative estimate of drug-likeness (QED) is 0.760. The number of para-hydroxylation sites is 1. The van der Waals surface area contributed by atoms with Gasteiger partial charge in [-0.3, -0.25) is 9.59 Å². The molecule has 1 aromatic heterocycles. The number of rotatable bonds is 7. The zero-order chi connectivity index (χ0) is 19.4. The van der Waals surface area contributed by atoms with E-state index in [2.05, 4.69) is 5.32 Å². The largest absolute Gasteiger partial charge is 0.483 e. The van der Waals surface area contributed by atoms with Crippen LogP contribution in [0.2, 0.25) is 0 Å². The molecule has 0 radical (unpaired) electrons. The van der Waals surface area contributed by atoms with E-state index in [9.17, 15) is 14.7 Å². The smallest absolute Gasteiger partial charge is 0.258 e. The molecule has 3 rings (SSSR count). The Morgan fingerprint density at radius 2 is 2.15 bits per heavy atom. The van der Waals surface area contributed by atoms with E-state index < -0.39 is 6.10 Å². The monoisotopic (exact) mass is 372 g/mol. The number of benzene rings is 1. The van der Waals surface area contributed by atoms with Crippen LogP contribution in [0, 0.1) is 0 Å². The van der Waals surface area contributed by atoms with Crippen LogP contribution in [-0.2, 0) is 17.8 Å². The Kier molecular flexibility index (Phi) is 5.51. The molecule has 0 bridgehead atoms. The normalized spacial score (nSPS) is 15.5. The van der Waals surface area contributed by atoms with Crippen LogP contribution in [-0.4, -0.2) is 40.4 Å². The summed E-state index contributed by atoms with van der Waals surface area (Å²) in [7, 11) is 0. The summed E-state index contributed by atoms with van der Waals surface area (Å²) in [6.07, 6.45) is 1.50. The molecule has 0 unspecified atom stereocenters. The van der Waals surface area contributed by atoms with E-state index in [1.54, 1.807) is 24.4 Å². The number of hydrogen-bond donors (Lipinski definition) is 2. The molecule has 2 N–H and O–H groups in total. The molecule has 1 aliphatic rings. The van der Waals surface area contributed by atoms with Crippen molar-refractivity contribution in [1.82, 2.24) is 9.88 Å². The average Bonchev–Trinajstić information content (AvgIpc) is 2.94. The minimum atomic E-state index is -0.876. The molecule has 0 aliphatic carbocycles. The lowest BCUT2D eigenvalue weighted by atomic mass is 10.0. The van der Waals surface area contributed by atoms with Crippen molar-refractivity contribution < 1.29 is 19.4 Å². The van der Waals surface area contributed by atoms with Crippen molar-refractivity contribution in [2.24, 2.45) is 0 Å². The fourth-order valence-electron chi connectivity index (χ4n) is 3.03. The summed E-state index contributed by atoms with van der Waals surface area (Å²) in [4.78, 5) is 23.6. The van der Waals surface area contributed by atoms with Gasteiger partial charge in [0.05, 0.1) is 12.6 Å². The van der Waals surface area contributed by atoms with Crippen molar-refractivity contribution in [3.05, 3.63) is 58.5 Å². The second-order valence-electron chi connectivity index (χ2n) is 7.22. The molecular formula is C20H24N2O5. The van der Waals surface area contributed by atoms with Crippen molar-refractivity contribution in [3.8, 4) is 11.5 Å². The first kappa shape index (κ1) is 19.0. The van der Waals surface area contributed by atoms with Gasteiger partial charge in [-0.25, -0.2) is 0 Å². The van der Waals surface area contributed by atoms with Gasteiger partial charge in [-0.05, 0) is 26.0 Å². The van der Waals surface area contributed by atoms with E-state index in [1.807, 2.05) is 26.0 Å². The van der Waals surface area contributed by atoms with Gasteiger partial charge in [0.1, 0.15) is 5.60 Å². The lowest BCUT2D eigenvalue weighted by Gasteiger charge is -2.18. The summed E-state index contributed by atoms with van der Waals surface area (Å²) < 4.78 is 12.9. The summed E-state index contributed by atoms with van der Waals surface area (Å²) in [5.41, 5.74) is 0.567. The lowest BCUT2D eigenvalue weighted by Crippen LogP contribution is -2.38. The average molecular weight is 372 g/mol. The van der Waals surface area contributed by atoms with E-state index in [0.717, 1.165) is 12.0 Å². The van der Waals surface area contributed by atoms with Crippen LogP contribution in [0.4, 0.5) is 0 Å². The molecule has 2 heterocycles. The highest BCUT2D eigenvalue weighted by molar-refractivity contribution is 5.77. The SMILES string of the molecule is CC1(C)Cc2cccc(OCC(=O)NC[C@@H](O)Cn3ccccc3=O)c2O1. The lowest BCUT2D eigenvalue weighted by molar-refractivity contribution is -0.123. The maximum atomic E-state index is 12.0. The predicted molar refractivity (Wildman–Crippen MR) is 100 cm³/mol. The second-order valence-corrected chi connectivity index (χ2v) is 7.22. The van der Waals surface area contributed by atoms with E-state index >= 15 is 0 Å². The highest BCUT2D eigenvalue weighted by Gasteiger charge is 2.32. The van der Waals surface area contributed by atoms with Gasteiger partial charge in [0, 0.05) is 30.8 Å². The van der Waals surface area contributed by atoms with Gasteiger partial charge in [0.25, 0.3) is 11.5 Å². The Morgan fingerprint density at radius 3 is 2.93 bits per heavy atom. The number of aliphatic hydroxyl groups excluding tert-OH is 1. The maximum Gasteiger partial charge on any atom is 0.258 e.